The summed E-state index contributed by atoms with van der Waals surface area (Å²) in [5.74, 6) is -1.19. The molecule has 0 aliphatic carbocycles. The van der Waals surface area contributed by atoms with Gasteiger partial charge in [0.1, 0.15) is 4.83 Å². The van der Waals surface area contributed by atoms with Gasteiger partial charge >= 0.3 is 11.9 Å². The number of hydrogen-bond donors (Lipinski definition) is 1. The molecule has 0 aliphatic rings. The molecule has 0 bridgehead atoms. The van der Waals surface area contributed by atoms with Gasteiger partial charge in [-0.15, -0.1) is 0 Å². The first-order valence-corrected chi connectivity index (χ1v) is 6.50. The van der Waals surface area contributed by atoms with E-state index in [1.54, 1.807) is 12.1 Å². The molecule has 1 N–H and O–H groups in total. The molecule has 0 spiro atoms. The number of ether oxygens (including phenoxy) is 1. The molecule has 1 unspecified atom stereocenters. The van der Waals surface area contributed by atoms with Crippen LogP contribution < -0.4 is 0 Å². The van der Waals surface area contributed by atoms with Crippen molar-refractivity contribution in [2.75, 3.05) is 7.11 Å². The highest BCUT2D eigenvalue weighted by molar-refractivity contribution is 9.10. The maximum Gasteiger partial charge on any atom is 0.337 e. The molecule has 1 aromatic carbocycles. The zero-order chi connectivity index (χ0) is 13.5. The monoisotopic (exact) mass is 314 g/mol. The Kier molecular flexibility index (Phi) is 5.85. The number of aliphatic carboxylic acids is 1. The highest BCUT2D eigenvalue weighted by Gasteiger charge is 2.12. The van der Waals surface area contributed by atoms with Crippen LogP contribution in [0.25, 0.3) is 0 Å². The van der Waals surface area contributed by atoms with Crippen LogP contribution in [0, 0.1) is 0 Å². The van der Waals surface area contributed by atoms with Crippen molar-refractivity contribution in [1.29, 1.82) is 0 Å². The van der Waals surface area contributed by atoms with Crippen LogP contribution in [-0.4, -0.2) is 29.0 Å². The van der Waals surface area contributed by atoms with Crippen molar-refractivity contribution >= 4 is 27.9 Å². The Morgan fingerprint density at radius 3 is 2.44 bits per heavy atom. The molecule has 98 valence electrons. The molecule has 0 saturated heterocycles. The lowest BCUT2D eigenvalue weighted by atomic mass is 10.1. The van der Waals surface area contributed by atoms with E-state index in [4.69, 9.17) is 5.11 Å². The fourth-order valence-electron chi connectivity index (χ4n) is 1.53. The molecule has 1 aromatic rings. The van der Waals surface area contributed by atoms with Gasteiger partial charge in [0.2, 0.25) is 0 Å². The Morgan fingerprint density at radius 2 is 1.94 bits per heavy atom. The standard InChI is InChI=1S/C13H15BrO4/c1-18-13(17)10-7-5-9(6-8-10)3-2-4-11(14)12(15)16/h5-8,11H,2-4H2,1H3,(H,15,16). The molecule has 4 nitrogen and oxygen atoms in total. The van der Waals surface area contributed by atoms with Crippen molar-refractivity contribution in [1.82, 2.24) is 0 Å². The maximum absolute atomic E-state index is 11.2. The number of methoxy groups -OCH3 is 1. The summed E-state index contributed by atoms with van der Waals surface area (Å²) in [4.78, 5) is 21.3. The van der Waals surface area contributed by atoms with Crippen LogP contribution >= 0.6 is 15.9 Å². The van der Waals surface area contributed by atoms with Gasteiger partial charge in [-0.05, 0) is 37.0 Å². The normalized spacial score (nSPS) is 11.9. The van der Waals surface area contributed by atoms with E-state index in [-0.39, 0.29) is 5.97 Å². The summed E-state index contributed by atoms with van der Waals surface area (Å²) < 4.78 is 4.60. The predicted molar refractivity (Wildman–Crippen MR) is 71.1 cm³/mol. The van der Waals surface area contributed by atoms with Gasteiger partial charge in [0.15, 0.2) is 0 Å². The van der Waals surface area contributed by atoms with Crippen molar-refractivity contribution in [3.8, 4) is 0 Å². The van der Waals surface area contributed by atoms with Crippen molar-refractivity contribution in [3.05, 3.63) is 35.4 Å². The van der Waals surface area contributed by atoms with Gasteiger partial charge in [0, 0.05) is 0 Å². The van der Waals surface area contributed by atoms with Crippen molar-refractivity contribution in [2.24, 2.45) is 0 Å². The van der Waals surface area contributed by atoms with E-state index in [2.05, 4.69) is 20.7 Å². The van der Waals surface area contributed by atoms with Gasteiger partial charge in [-0.25, -0.2) is 4.79 Å². The SMILES string of the molecule is COC(=O)c1ccc(CCCC(Br)C(=O)O)cc1. The average molecular weight is 315 g/mol. The van der Waals surface area contributed by atoms with Gasteiger partial charge in [0.25, 0.3) is 0 Å². The molecule has 0 fully saturated rings. The highest BCUT2D eigenvalue weighted by atomic mass is 79.9. The lowest BCUT2D eigenvalue weighted by Gasteiger charge is -2.05. The first kappa shape index (κ1) is 14.7. The largest absolute Gasteiger partial charge is 0.480 e. The lowest BCUT2D eigenvalue weighted by molar-refractivity contribution is -0.136. The molecule has 1 atom stereocenters. The zero-order valence-corrected chi connectivity index (χ0v) is 11.6. The summed E-state index contributed by atoms with van der Waals surface area (Å²) in [5, 5.41) is 8.71. The minimum Gasteiger partial charge on any atom is -0.480 e. The number of carboxylic acids is 1. The number of esters is 1. The lowest BCUT2D eigenvalue weighted by Crippen LogP contribution is -2.12. The van der Waals surface area contributed by atoms with Gasteiger partial charge in [-0.3, -0.25) is 4.79 Å². The molecule has 1 rings (SSSR count). The van der Waals surface area contributed by atoms with E-state index >= 15 is 0 Å². The van der Waals surface area contributed by atoms with E-state index in [0.29, 0.717) is 12.0 Å². The van der Waals surface area contributed by atoms with E-state index in [0.717, 1.165) is 18.4 Å². The summed E-state index contributed by atoms with van der Waals surface area (Å²) in [7, 11) is 1.35. The number of carboxylic acid groups (broad SMARTS) is 1. The van der Waals surface area contributed by atoms with Gasteiger partial charge < -0.3 is 9.84 Å². The van der Waals surface area contributed by atoms with Crippen LogP contribution in [0.2, 0.25) is 0 Å². The molecule has 0 heterocycles. The Hall–Kier alpha value is -1.36. The van der Waals surface area contributed by atoms with E-state index in [1.165, 1.54) is 7.11 Å². The predicted octanol–water partition coefficient (Wildman–Crippen LogP) is 2.64. The van der Waals surface area contributed by atoms with Crippen LogP contribution in [0.1, 0.15) is 28.8 Å². The quantitative estimate of drug-likeness (QED) is 0.647. The minimum absolute atomic E-state index is 0.354. The third-order valence-corrected chi connectivity index (χ3v) is 3.42. The number of aryl methyl sites for hydroxylation is 1. The third-order valence-electron chi connectivity index (χ3n) is 2.57. The second-order valence-electron chi connectivity index (χ2n) is 3.89. The average Bonchev–Trinajstić information content (AvgIpc) is 2.38. The summed E-state index contributed by atoms with van der Waals surface area (Å²) in [6, 6.07) is 7.14. The molecule has 0 saturated carbocycles. The Balaban J connectivity index is 2.44. The third kappa shape index (κ3) is 4.49. The highest BCUT2D eigenvalue weighted by Crippen LogP contribution is 2.13. The Labute approximate surface area is 114 Å². The fourth-order valence-corrected chi connectivity index (χ4v) is 1.86. The number of carbonyl (C=O) groups excluding carboxylic acids is 1. The smallest absolute Gasteiger partial charge is 0.337 e. The Morgan fingerprint density at radius 1 is 1.33 bits per heavy atom. The number of hydrogen-bond acceptors (Lipinski definition) is 3. The van der Waals surface area contributed by atoms with Crippen LogP contribution in [0.15, 0.2) is 24.3 Å². The number of benzene rings is 1. The molecular weight excluding hydrogens is 300 g/mol. The van der Waals surface area contributed by atoms with Gasteiger partial charge in [-0.1, -0.05) is 28.1 Å². The minimum atomic E-state index is -0.837. The second-order valence-corrected chi connectivity index (χ2v) is 4.99. The number of rotatable bonds is 6. The van der Waals surface area contributed by atoms with Crippen LogP contribution in [0.5, 0.6) is 0 Å². The van der Waals surface area contributed by atoms with Gasteiger partial charge in [-0.2, -0.15) is 0 Å². The molecular formula is C13H15BrO4. The molecule has 5 heteroatoms. The fraction of sp³-hybridized carbons (Fsp3) is 0.385. The molecule has 0 amide bonds. The molecule has 0 radical (unpaired) electrons. The van der Waals surface area contributed by atoms with Crippen molar-refractivity contribution < 1.29 is 19.4 Å². The number of halogens is 1. The topological polar surface area (TPSA) is 63.6 Å². The summed E-state index contributed by atoms with van der Waals surface area (Å²) >= 11 is 3.10. The summed E-state index contributed by atoms with van der Waals surface area (Å²) in [6.07, 6.45) is 2.14. The first-order chi connectivity index (χ1) is 8.54. The number of alkyl halides is 1. The maximum atomic E-state index is 11.2. The second kappa shape index (κ2) is 7.16. The molecule has 0 aliphatic heterocycles. The Bertz CT molecular complexity index is 414. The molecule has 18 heavy (non-hydrogen) atoms. The summed E-state index contributed by atoms with van der Waals surface area (Å²) in [5.41, 5.74) is 1.60. The van der Waals surface area contributed by atoms with Crippen LogP contribution in [0.4, 0.5) is 0 Å². The molecule has 0 aromatic heterocycles. The van der Waals surface area contributed by atoms with Crippen molar-refractivity contribution in [2.45, 2.75) is 24.1 Å². The van der Waals surface area contributed by atoms with E-state index in [1.807, 2.05) is 12.1 Å². The van der Waals surface area contributed by atoms with Crippen LogP contribution in [0.3, 0.4) is 0 Å². The van der Waals surface area contributed by atoms with Gasteiger partial charge in [0.05, 0.1) is 12.7 Å². The van der Waals surface area contributed by atoms with Crippen molar-refractivity contribution in [3.63, 3.8) is 0 Å². The summed E-state index contributed by atoms with van der Waals surface area (Å²) in [6.45, 7) is 0. The van der Waals surface area contributed by atoms with E-state index in [9.17, 15) is 9.59 Å². The van der Waals surface area contributed by atoms with Crippen LogP contribution in [-0.2, 0) is 16.0 Å². The van der Waals surface area contributed by atoms with E-state index < -0.39 is 10.8 Å². The number of carbonyl (C=O) groups is 2. The first-order valence-electron chi connectivity index (χ1n) is 5.58. The zero-order valence-electron chi connectivity index (χ0n) is 10.1.